The molecule has 0 aliphatic rings. The van der Waals surface area contributed by atoms with Gasteiger partial charge in [-0.15, -0.1) is 0 Å². The van der Waals surface area contributed by atoms with Gasteiger partial charge in [-0.2, -0.15) is 0 Å². The summed E-state index contributed by atoms with van der Waals surface area (Å²) in [5.41, 5.74) is 8.40. The van der Waals surface area contributed by atoms with Crippen molar-refractivity contribution in [2.45, 2.75) is 18.9 Å². The minimum Gasteiger partial charge on any atom is -0.399 e. The van der Waals surface area contributed by atoms with E-state index >= 15 is 0 Å². The van der Waals surface area contributed by atoms with Crippen LogP contribution in [0, 0.1) is 5.82 Å². The number of anilines is 1. The Morgan fingerprint density at radius 1 is 1.21 bits per heavy atom. The van der Waals surface area contributed by atoms with Crippen molar-refractivity contribution in [2.24, 2.45) is 0 Å². The van der Waals surface area contributed by atoms with Crippen LogP contribution in [0.3, 0.4) is 0 Å². The molecule has 0 radical (unpaired) electrons. The Balaban J connectivity index is 1.90. The number of benzene rings is 2. The van der Waals surface area contributed by atoms with Crippen LogP contribution in [0.5, 0.6) is 0 Å². The normalized spacial score (nSPS) is 12.2. The molecule has 1 unspecified atom stereocenters. The maximum absolute atomic E-state index is 13.4. The van der Waals surface area contributed by atoms with Gasteiger partial charge in [0.05, 0.1) is 6.04 Å². The molecule has 2 aromatic rings. The maximum Gasteiger partial charge on any atom is 0.220 e. The lowest BCUT2D eigenvalue weighted by Gasteiger charge is -2.25. The molecule has 0 saturated heterocycles. The molecule has 5 heteroatoms. The summed E-state index contributed by atoms with van der Waals surface area (Å²) in [5, 5.41) is 2.93. The van der Waals surface area contributed by atoms with E-state index in [2.05, 4.69) is 5.32 Å². The van der Waals surface area contributed by atoms with Crippen molar-refractivity contribution in [2.75, 3.05) is 26.4 Å². The van der Waals surface area contributed by atoms with Crippen LogP contribution >= 0.6 is 0 Å². The summed E-state index contributed by atoms with van der Waals surface area (Å²) in [6, 6.07) is 13.9. The number of hydrogen-bond acceptors (Lipinski definition) is 3. The van der Waals surface area contributed by atoms with Gasteiger partial charge >= 0.3 is 0 Å². The van der Waals surface area contributed by atoms with E-state index in [0.29, 0.717) is 25.1 Å². The molecule has 0 heterocycles. The molecule has 24 heavy (non-hydrogen) atoms. The summed E-state index contributed by atoms with van der Waals surface area (Å²) in [7, 11) is 3.82. The van der Waals surface area contributed by atoms with E-state index in [4.69, 9.17) is 5.73 Å². The van der Waals surface area contributed by atoms with Crippen molar-refractivity contribution in [1.82, 2.24) is 10.2 Å². The number of likely N-dealkylation sites (N-methyl/N-ethyl adjacent to an activating group) is 1. The molecule has 4 nitrogen and oxygen atoms in total. The number of carbonyl (C=O) groups is 1. The monoisotopic (exact) mass is 329 g/mol. The van der Waals surface area contributed by atoms with Gasteiger partial charge in [-0.3, -0.25) is 4.79 Å². The quantitative estimate of drug-likeness (QED) is 0.768. The smallest absolute Gasteiger partial charge is 0.220 e. The van der Waals surface area contributed by atoms with Crippen molar-refractivity contribution in [3.63, 3.8) is 0 Å². The molecule has 1 atom stereocenters. The summed E-state index contributed by atoms with van der Waals surface area (Å²) in [5.74, 6) is -0.313. The number of nitrogens with two attached hydrogens (primary N) is 1. The number of amides is 1. The van der Waals surface area contributed by atoms with Crippen molar-refractivity contribution >= 4 is 11.6 Å². The number of nitrogens with zero attached hydrogens (tertiary/aromatic N) is 1. The number of hydrogen-bond donors (Lipinski definition) is 2. The predicted molar refractivity (Wildman–Crippen MR) is 95.0 cm³/mol. The summed E-state index contributed by atoms with van der Waals surface area (Å²) in [4.78, 5) is 14.1. The first kappa shape index (κ1) is 17.9. The van der Waals surface area contributed by atoms with Crippen molar-refractivity contribution < 1.29 is 9.18 Å². The van der Waals surface area contributed by atoms with Gasteiger partial charge < -0.3 is 16.0 Å². The zero-order valence-electron chi connectivity index (χ0n) is 14.1. The third kappa shape index (κ3) is 5.06. The highest BCUT2D eigenvalue weighted by molar-refractivity contribution is 5.76. The SMILES string of the molecule is CN(C)C(CNC(=O)CCc1ccccc1N)c1cccc(F)c1. The molecule has 128 valence electrons. The van der Waals surface area contributed by atoms with E-state index < -0.39 is 0 Å². The first-order chi connectivity index (χ1) is 11.5. The molecule has 0 aliphatic carbocycles. The molecule has 0 aliphatic heterocycles. The Morgan fingerprint density at radius 2 is 1.96 bits per heavy atom. The molecular formula is C19H24FN3O. The molecule has 0 fully saturated rings. The van der Waals surface area contributed by atoms with Gasteiger partial charge in [0.2, 0.25) is 5.91 Å². The first-order valence-electron chi connectivity index (χ1n) is 7.99. The number of nitrogens with one attached hydrogen (secondary N) is 1. The Hall–Kier alpha value is -2.40. The maximum atomic E-state index is 13.4. The summed E-state index contributed by atoms with van der Waals surface area (Å²) < 4.78 is 13.4. The Labute approximate surface area is 142 Å². The molecular weight excluding hydrogens is 305 g/mol. The number of para-hydroxylation sites is 1. The molecule has 0 spiro atoms. The standard InChI is InChI=1S/C19H24FN3O/c1-23(2)18(15-7-5-8-16(20)12-15)13-22-19(24)11-10-14-6-3-4-9-17(14)21/h3-9,12,18H,10-11,13,21H2,1-2H3,(H,22,24). The molecule has 2 rings (SSSR count). The highest BCUT2D eigenvalue weighted by Crippen LogP contribution is 2.18. The van der Waals surface area contributed by atoms with E-state index in [0.717, 1.165) is 11.1 Å². The van der Waals surface area contributed by atoms with Gasteiger partial charge in [-0.05, 0) is 49.8 Å². The Morgan fingerprint density at radius 3 is 2.62 bits per heavy atom. The minimum absolute atomic E-state index is 0.0403. The van der Waals surface area contributed by atoms with E-state index in [-0.39, 0.29) is 17.8 Å². The highest BCUT2D eigenvalue weighted by atomic mass is 19.1. The summed E-state index contributed by atoms with van der Waals surface area (Å²) >= 11 is 0. The largest absolute Gasteiger partial charge is 0.399 e. The molecule has 0 saturated carbocycles. The van der Waals surface area contributed by atoms with Crippen molar-refractivity contribution in [3.8, 4) is 0 Å². The summed E-state index contributed by atoms with van der Waals surface area (Å²) in [6.45, 7) is 0.430. The van der Waals surface area contributed by atoms with Crippen molar-refractivity contribution in [3.05, 3.63) is 65.5 Å². The van der Waals surface area contributed by atoms with Crippen molar-refractivity contribution in [1.29, 1.82) is 0 Å². The molecule has 0 aromatic heterocycles. The first-order valence-corrected chi connectivity index (χ1v) is 7.99. The minimum atomic E-state index is -0.273. The summed E-state index contributed by atoms with van der Waals surface area (Å²) in [6.07, 6.45) is 0.975. The fourth-order valence-electron chi connectivity index (χ4n) is 2.62. The van der Waals surface area contributed by atoms with Crippen LogP contribution in [0.15, 0.2) is 48.5 Å². The number of aryl methyl sites for hydroxylation is 1. The molecule has 0 bridgehead atoms. The molecule has 1 amide bonds. The van der Waals surface area contributed by atoms with Gasteiger partial charge in [0.25, 0.3) is 0 Å². The predicted octanol–water partition coefficient (Wildman–Crippen LogP) is 2.76. The number of nitrogen functional groups attached to an aromatic ring is 1. The van der Waals surface area contributed by atoms with Crippen LogP contribution in [0.4, 0.5) is 10.1 Å². The van der Waals surface area contributed by atoms with E-state index in [1.54, 1.807) is 6.07 Å². The van der Waals surface area contributed by atoms with Crippen LogP contribution in [0.1, 0.15) is 23.6 Å². The van der Waals surface area contributed by atoms with E-state index in [9.17, 15) is 9.18 Å². The number of rotatable bonds is 7. The van der Waals surface area contributed by atoms with Crippen LogP contribution in [0.2, 0.25) is 0 Å². The van der Waals surface area contributed by atoms with E-state index in [1.807, 2.05) is 49.3 Å². The van der Waals surface area contributed by atoms with Crippen LogP contribution < -0.4 is 11.1 Å². The van der Waals surface area contributed by atoms with Gasteiger partial charge in [-0.25, -0.2) is 4.39 Å². The fourth-order valence-corrected chi connectivity index (χ4v) is 2.62. The van der Waals surface area contributed by atoms with Gasteiger partial charge in [0.15, 0.2) is 0 Å². The van der Waals surface area contributed by atoms with Gasteiger partial charge in [0, 0.05) is 18.7 Å². The molecule has 3 N–H and O–H groups in total. The average molecular weight is 329 g/mol. The zero-order chi connectivity index (χ0) is 17.5. The lowest BCUT2D eigenvalue weighted by molar-refractivity contribution is -0.121. The van der Waals surface area contributed by atoms with Crippen LogP contribution in [0.25, 0.3) is 0 Å². The van der Waals surface area contributed by atoms with Gasteiger partial charge in [0.1, 0.15) is 5.82 Å². The highest BCUT2D eigenvalue weighted by Gasteiger charge is 2.16. The van der Waals surface area contributed by atoms with Crippen LogP contribution in [-0.2, 0) is 11.2 Å². The van der Waals surface area contributed by atoms with Crippen LogP contribution in [-0.4, -0.2) is 31.4 Å². The van der Waals surface area contributed by atoms with E-state index in [1.165, 1.54) is 12.1 Å². The lowest BCUT2D eigenvalue weighted by Crippen LogP contribution is -2.34. The number of carbonyl (C=O) groups excluding carboxylic acids is 1. The van der Waals surface area contributed by atoms with Gasteiger partial charge in [-0.1, -0.05) is 30.3 Å². The number of halogens is 1. The zero-order valence-corrected chi connectivity index (χ0v) is 14.1. The second-order valence-electron chi connectivity index (χ2n) is 6.04. The fraction of sp³-hybridized carbons (Fsp3) is 0.316. The second-order valence-corrected chi connectivity index (χ2v) is 6.04. The molecule has 2 aromatic carbocycles. The topological polar surface area (TPSA) is 58.4 Å². The lowest BCUT2D eigenvalue weighted by atomic mass is 10.1. The second kappa shape index (κ2) is 8.45. The third-order valence-corrected chi connectivity index (χ3v) is 4.03. The average Bonchev–Trinajstić information content (AvgIpc) is 2.54. The third-order valence-electron chi connectivity index (χ3n) is 4.03. The Bertz CT molecular complexity index is 688. The Kier molecular flexibility index (Phi) is 6.32.